The number of primary amides is 1. The fourth-order valence-electron chi connectivity index (χ4n) is 0. The molecular weight excluding hydrogens is 251 g/mol. The second-order valence-corrected chi connectivity index (χ2v) is 0.604. The molecule has 6 nitrogen and oxygen atoms in total. The van der Waals surface area contributed by atoms with Gasteiger partial charge in [-0.25, -0.2) is 4.79 Å². The van der Waals surface area contributed by atoms with Gasteiger partial charge in [0, 0.05) is 0 Å². The summed E-state index contributed by atoms with van der Waals surface area (Å²) in [6.07, 6.45) is -3.42. The topological polar surface area (TPSA) is 124 Å². The van der Waals surface area contributed by atoms with Gasteiger partial charge in [-0.1, -0.05) is 0 Å². The molecule has 0 atom stereocenters. The van der Waals surface area contributed by atoms with E-state index < -0.39 is 12.2 Å². The molecule has 48 valence electrons. The van der Waals surface area contributed by atoms with Crippen LogP contribution < -0.4 is 79.7 Å². The van der Waals surface area contributed by atoms with Crippen molar-refractivity contribution in [1.82, 2.24) is 0 Å². The first-order valence-corrected chi connectivity index (χ1v) is 1.35. The quantitative estimate of drug-likeness (QED) is 0.402. The standard InChI is InChI=1S/CH3NO2.CH2O3.Cs/c2*2-1(3)4;/h2H2,(H,3,4);(H2,2,3,4);/q;;+1/p-1. The van der Waals surface area contributed by atoms with Crippen LogP contribution in [-0.2, 0) is 0 Å². The maximum Gasteiger partial charge on any atom is 1.00 e. The number of rotatable bonds is 0. The average Bonchev–Trinajstić information content (AvgIpc) is 1.25. The Hall–Kier alpha value is 0.592. The van der Waals surface area contributed by atoms with Gasteiger partial charge >= 0.3 is 75.0 Å². The normalized spacial score (nSPS) is 5.33. The molecule has 4 N–H and O–H groups in total. The minimum Gasteiger partial charge on any atom is -0.565 e. The number of carbonyl (C=O) groups is 2. The van der Waals surface area contributed by atoms with Crippen LogP contribution in [0.1, 0.15) is 0 Å². The molecule has 0 aromatic rings. The smallest absolute Gasteiger partial charge is 0.565 e. The number of nitrogens with two attached hydrogens (primary N) is 1. The SMILES string of the molecule is NC(=O)O.O=C([O-])O.[Cs+]. The van der Waals surface area contributed by atoms with Crippen LogP contribution in [0.15, 0.2) is 0 Å². The molecule has 9 heavy (non-hydrogen) atoms. The first-order chi connectivity index (χ1) is 3.46. The summed E-state index contributed by atoms with van der Waals surface area (Å²) in [5.74, 6) is 0. The van der Waals surface area contributed by atoms with E-state index in [1.807, 2.05) is 0 Å². The molecule has 0 radical (unpaired) electrons. The predicted octanol–water partition coefficient (Wildman–Crippen LogP) is -4.49. The van der Waals surface area contributed by atoms with E-state index in [0.29, 0.717) is 0 Å². The number of carboxylic acid groups (broad SMARTS) is 3. The molecule has 0 bridgehead atoms. The van der Waals surface area contributed by atoms with E-state index in [-0.39, 0.29) is 68.9 Å². The number of amides is 1. The monoisotopic (exact) mass is 255 g/mol. The third-order valence-corrected chi connectivity index (χ3v) is 0. The summed E-state index contributed by atoms with van der Waals surface area (Å²) in [7, 11) is 0. The van der Waals surface area contributed by atoms with Crippen molar-refractivity contribution in [2.45, 2.75) is 0 Å². The summed E-state index contributed by atoms with van der Waals surface area (Å²) >= 11 is 0. The fraction of sp³-hybridized carbons (Fsp3) is 0. The maximum absolute atomic E-state index is 8.78. The van der Waals surface area contributed by atoms with Crippen LogP contribution in [-0.4, -0.2) is 22.5 Å². The van der Waals surface area contributed by atoms with Crippen molar-refractivity contribution < 1.29 is 93.8 Å². The van der Waals surface area contributed by atoms with Crippen molar-refractivity contribution in [3.05, 3.63) is 0 Å². The summed E-state index contributed by atoms with van der Waals surface area (Å²) in [6.45, 7) is 0. The molecule has 0 saturated heterocycles. The van der Waals surface area contributed by atoms with Gasteiger partial charge in [-0.3, -0.25) is 0 Å². The zero-order valence-electron chi connectivity index (χ0n) is 4.70. The Labute approximate surface area is 109 Å². The Morgan fingerprint density at radius 1 is 1.33 bits per heavy atom. The molecule has 0 aliphatic carbocycles. The zero-order valence-corrected chi connectivity index (χ0v) is 11.0. The average molecular weight is 255 g/mol. The molecule has 0 aromatic heterocycles. The summed E-state index contributed by atoms with van der Waals surface area (Å²) in [4.78, 5) is 17.2. The molecule has 0 aliphatic heterocycles. The van der Waals surface area contributed by atoms with E-state index in [1.165, 1.54) is 0 Å². The van der Waals surface area contributed by atoms with E-state index in [9.17, 15) is 0 Å². The van der Waals surface area contributed by atoms with E-state index >= 15 is 0 Å². The minimum atomic E-state index is -2.08. The second kappa shape index (κ2) is 11.4. The minimum absolute atomic E-state index is 0. The molecule has 0 heterocycles. The molecule has 0 fully saturated rings. The Kier molecular flexibility index (Phi) is 20.6. The molecule has 0 aromatic carbocycles. The molecule has 0 unspecified atom stereocenters. The van der Waals surface area contributed by atoms with Crippen LogP contribution in [0.25, 0.3) is 0 Å². The van der Waals surface area contributed by atoms with Gasteiger partial charge in [0.05, 0.1) is 0 Å². The zero-order chi connectivity index (χ0) is 7.15. The van der Waals surface area contributed by atoms with E-state index in [4.69, 9.17) is 24.9 Å². The summed E-state index contributed by atoms with van der Waals surface area (Å²) in [5.41, 5.74) is 4.03. The van der Waals surface area contributed by atoms with Crippen molar-refractivity contribution in [3.8, 4) is 0 Å². The summed E-state index contributed by atoms with van der Waals surface area (Å²) in [5, 5.41) is 22.5. The van der Waals surface area contributed by atoms with Crippen molar-refractivity contribution >= 4 is 12.2 Å². The van der Waals surface area contributed by atoms with Crippen LogP contribution >= 0.6 is 0 Å². The van der Waals surface area contributed by atoms with Gasteiger partial charge in [-0.05, 0) is 0 Å². The van der Waals surface area contributed by atoms with E-state index in [1.54, 1.807) is 0 Å². The fourth-order valence-corrected chi connectivity index (χ4v) is 0. The molecule has 0 spiro atoms. The Balaban J connectivity index is -0.0000000720. The molecular formula is C2H4CsNO5. The summed E-state index contributed by atoms with van der Waals surface area (Å²) < 4.78 is 0. The Morgan fingerprint density at radius 3 is 1.33 bits per heavy atom. The second-order valence-electron chi connectivity index (χ2n) is 0.604. The molecule has 1 amide bonds. The third kappa shape index (κ3) is 1070. The van der Waals surface area contributed by atoms with Crippen LogP contribution in [0, 0.1) is 0 Å². The Bertz CT molecular complexity index is 73.0. The van der Waals surface area contributed by atoms with Crippen LogP contribution in [0.2, 0.25) is 0 Å². The first kappa shape index (κ1) is 16.3. The van der Waals surface area contributed by atoms with Crippen molar-refractivity contribution in [2.75, 3.05) is 0 Å². The van der Waals surface area contributed by atoms with Gasteiger partial charge in [-0.2, -0.15) is 0 Å². The molecule has 7 heteroatoms. The van der Waals surface area contributed by atoms with E-state index in [2.05, 4.69) is 5.73 Å². The number of hydrogen-bond acceptors (Lipinski definition) is 3. The van der Waals surface area contributed by atoms with Gasteiger partial charge < -0.3 is 25.8 Å². The van der Waals surface area contributed by atoms with Crippen molar-refractivity contribution in [2.24, 2.45) is 5.73 Å². The summed E-state index contributed by atoms with van der Waals surface area (Å²) in [6, 6.07) is 0. The third-order valence-electron chi connectivity index (χ3n) is 0. The molecule has 0 rings (SSSR count). The number of hydrogen-bond donors (Lipinski definition) is 3. The van der Waals surface area contributed by atoms with Crippen LogP contribution in [0.5, 0.6) is 0 Å². The van der Waals surface area contributed by atoms with Crippen molar-refractivity contribution in [3.63, 3.8) is 0 Å². The van der Waals surface area contributed by atoms with Gasteiger partial charge in [0.1, 0.15) is 0 Å². The van der Waals surface area contributed by atoms with Crippen molar-refractivity contribution in [1.29, 1.82) is 0 Å². The molecule has 0 saturated carbocycles. The van der Waals surface area contributed by atoms with Gasteiger partial charge in [0.25, 0.3) is 0 Å². The van der Waals surface area contributed by atoms with Gasteiger partial charge in [-0.15, -0.1) is 0 Å². The predicted molar refractivity (Wildman–Crippen MR) is 20.2 cm³/mol. The van der Waals surface area contributed by atoms with Gasteiger partial charge in [0.2, 0.25) is 6.16 Å². The largest absolute Gasteiger partial charge is 1.00 e. The first-order valence-electron chi connectivity index (χ1n) is 1.35. The maximum atomic E-state index is 8.78. The van der Waals surface area contributed by atoms with Crippen LogP contribution in [0.3, 0.4) is 0 Å². The van der Waals surface area contributed by atoms with E-state index in [0.717, 1.165) is 0 Å². The van der Waals surface area contributed by atoms with Crippen LogP contribution in [0.4, 0.5) is 9.59 Å². The van der Waals surface area contributed by atoms with Gasteiger partial charge in [0.15, 0.2) is 0 Å². The molecule has 0 aliphatic rings. The Morgan fingerprint density at radius 2 is 1.33 bits per heavy atom.